The molecular weight excluding hydrogens is 298 g/mol. The molecule has 0 fully saturated rings. The number of benzene rings is 1. The van der Waals surface area contributed by atoms with Crippen molar-refractivity contribution in [3.05, 3.63) is 35.9 Å². The monoisotopic (exact) mass is 321 g/mol. The second kappa shape index (κ2) is 8.89. The third-order valence-corrected chi connectivity index (χ3v) is 3.36. The first-order chi connectivity index (χ1) is 10.8. The van der Waals surface area contributed by atoms with Crippen LogP contribution in [0.3, 0.4) is 0 Å². The topological polar surface area (TPSA) is 122 Å². The van der Waals surface area contributed by atoms with E-state index in [0.29, 0.717) is 0 Å². The molecule has 0 radical (unpaired) electrons. The summed E-state index contributed by atoms with van der Waals surface area (Å²) < 4.78 is 0. The van der Waals surface area contributed by atoms with Crippen LogP contribution >= 0.6 is 0 Å². The number of amides is 2. The average molecular weight is 321 g/mol. The van der Waals surface area contributed by atoms with Gasteiger partial charge < -0.3 is 21.5 Å². The van der Waals surface area contributed by atoms with Gasteiger partial charge in [-0.2, -0.15) is 0 Å². The summed E-state index contributed by atoms with van der Waals surface area (Å²) in [6.07, 6.45) is 0.168. The number of nitrogens with one attached hydrogen (secondary N) is 2. The van der Waals surface area contributed by atoms with Crippen molar-refractivity contribution in [3.63, 3.8) is 0 Å². The van der Waals surface area contributed by atoms with Gasteiger partial charge >= 0.3 is 5.97 Å². The van der Waals surface area contributed by atoms with Crippen LogP contribution in [0.15, 0.2) is 30.3 Å². The smallest absolute Gasteiger partial charge is 0.326 e. The summed E-state index contributed by atoms with van der Waals surface area (Å²) in [5.74, 6) is -2.20. The second-order valence-electron chi connectivity index (χ2n) is 5.64. The summed E-state index contributed by atoms with van der Waals surface area (Å²) in [6.45, 7) is 3.28. The maximum atomic E-state index is 11.8. The third kappa shape index (κ3) is 6.48. The van der Waals surface area contributed by atoms with Gasteiger partial charge in [0, 0.05) is 6.42 Å². The lowest BCUT2D eigenvalue weighted by molar-refractivity contribution is -0.141. The lowest BCUT2D eigenvalue weighted by Crippen LogP contribution is -2.50. The molecule has 0 saturated heterocycles. The Hall–Kier alpha value is -2.41. The van der Waals surface area contributed by atoms with E-state index < -0.39 is 29.9 Å². The van der Waals surface area contributed by atoms with Crippen molar-refractivity contribution in [3.8, 4) is 0 Å². The number of carboxylic acids is 1. The van der Waals surface area contributed by atoms with E-state index in [-0.39, 0.29) is 18.9 Å². The summed E-state index contributed by atoms with van der Waals surface area (Å²) in [5.41, 5.74) is 6.46. The van der Waals surface area contributed by atoms with E-state index in [2.05, 4.69) is 10.6 Å². The normalized spacial score (nSPS) is 13.2. The molecule has 1 rings (SSSR count). The first kappa shape index (κ1) is 18.6. The van der Waals surface area contributed by atoms with E-state index in [4.69, 9.17) is 5.73 Å². The quantitative estimate of drug-likeness (QED) is 0.532. The molecule has 0 unspecified atom stereocenters. The van der Waals surface area contributed by atoms with Gasteiger partial charge in [-0.05, 0) is 11.5 Å². The molecule has 1 aromatic rings. The highest BCUT2D eigenvalue weighted by Crippen LogP contribution is 2.03. The molecule has 0 aliphatic rings. The molecule has 0 spiro atoms. The number of carboxylic acid groups (broad SMARTS) is 1. The molecule has 7 nitrogen and oxygen atoms in total. The van der Waals surface area contributed by atoms with Crippen molar-refractivity contribution < 1.29 is 19.5 Å². The fourth-order valence-corrected chi connectivity index (χ4v) is 1.88. The van der Waals surface area contributed by atoms with Crippen molar-refractivity contribution >= 4 is 17.8 Å². The maximum Gasteiger partial charge on any atom is 0.326 e. The van der Waals surface area contributed by atoms with Gasteiger partial charge in [0.15, 0.2) is 0 Å². The van der Waals surface area contributed by atoms with Crippen LogP contribution in [-0.2, 0) is 20.8 Å². The Labute approximate surface area is 135 Å². The van der Waals surface area contributed by atoms with Gasteiger partial charge in [-0.15, -0.1) is 0 Å². The van der Waals surface area contributed by atoms with Gasteiger partial charge in [0.25, 0.3) is 0 Å². The van der Waals surface area contributed by atoms with Gasteiger partial charge in [0.2, 0.25) is 11.8 Å². The second-order valence-corrected chi connectivity index (χ2v) is 5.64. The van der Waals surface area contributed by atoms with E-state index in [1.807, 2.05) is 6.07 Å². The number of aliphatic carboxylic acids is 1. The van der Waals surface area contributed by atoms with Crippen LogP contribution in [0.5, 0.6) is 0 Å². The molecule has 0 aliphatic heterocycles. The van der Waals surface area contributed by atoms with Crippen LogP contribution < -0.4 is 16.4 Å². The Balaban J connectivity index is 2.52. The molecule has 0 bridgehead atoms. The Morgan fingerprint density at radius 1 is 1.17 bits per heavy atom. The van der Waals surface area contributed by atoms with Crippen molar-refractivity contribution in [2.24, 2.45) is 11.7 Å². The standard InChI is InChI=1S/C16H23N3O4/c1-10(2)14(17)15(21)18-9-13(20)19-12(16(22)23)8-11-6-4-3-5-7-11/h3-7,10,12,14H,8-9,17H2,1-2H3,(H,18,21)(H,19,20)(H,22,23)/t12-,14-/m0/s1. The number of hydrogen-bond donors (Lipinski definition) is 4. The van der Waals surface area contributed by atoms with Crippen LogP contribution in [-0.4, -0.2) is 41.5 Å². The molecule has 1 aromatic carbocycles. The maximum absolute atomic E-state index is 11.8. The van der Waals surface area contributed by atoms with E-state index in [1.165, 1.54) is 0 Å². The molecule has 0 aliphatic carbocycles. The molecule has 2 atom stereocenters. The minimum Gasteiger partial charge on any atom is -0.480 e. The Morgan fingerprint density at radius 2 is 1.78 bits per heavy atom. The number of nitrogens with two attached hydrogens (primary N) is 1. The highest BCUT2D eigenvalue weighted by atomic mass is 16.4. The van der Waals surface area contributed by atoms with E-state index >= 15 is 0 Å². The highest BCUT2D eigenvalue weighted by molar-refractivity contribution is 5.89. The first-order valence-corrected chi connectivity index (χ1v) is 7.40. The van der Waals surface area contributed by atoms with Crippen LogP contribution in [0.2, 0.25) is 0 Å². The first-order valence-electron chi connectivity index (χ1n) is 7.40. The van der Waals surface area contributed by atoms with Gasteiger partial charge in [-0.1, -0.05) is 44.2 Å². The Morgan fingerprint density at radius 3 is 2.30 bits per heavy atom. The van der Waals surface area contributed by atoms with Crippen molar-refractivity contribution in [2.45, 2.75) is 32.4 Å². The minimum atomic E-state index is -1.13. The van der Waals surface area contributed by atoms with E-state index in [0.717, 1.165) is 5.56 Å². The zero-order valence-electron chi connectivity index (χ0n) is 13.3. The fraction of sp³-hybridized carbons (Fsp3) is 0.438. The molecule has 23 heavy (non-hydrogen) atoms. The number of carbonyl (C=O) groups is 3. The number of carbonyl (C=O) groups excluding carboxylic acids is 2. The molecule has 0 aromatic heterocycles. The van der Waals surface area contributed by atoms with Crippen molar-refractivity contribution in [2.75, 3.05) is 6.54 Å². The lowest BCUT2D eigenvalue weighted by Gasteiger charge is -2.17. The summed E-state index contributed by atoms with van der Waals surface area (Å²) in [6, 6.07) is 7.22. The Kier molecular flexibility index (Phi) is 7.21. The third-order valence-electron chi connectivity index (χ3n) is 3.36. The molecule has 0 heterocycles. The zero-order chi connectivity index (χ0) is 17.4. The van der Waals surface area contributed by atoms with E-state index in [9.17, 15) is 19.5 Å². The molecule has 5 N–H and O–H groups in total. The van der Waals surface area contributed by atoms with Crippen LogP contribution in [0, 0.1) is 5.92 Å². The van der Waals surface area contributed by atoms with Crippen LogP contribution in [0.25, 0.3) is 0 Å². The van der Waals surface area contributed by atoms with Gasteiger partial charge in [-0.3, -0.25) is 9.59 Å². The summed E-state index contributed by atoms with van der Waals surface area (Å²) in [7, 11) is 0. The molecule has 0 saturated carbocycles. The van der Waals surface area contributed by atoms with Crippen LogP contribution in [0.4, 0.5) is 0 Å². The lowest BCUT2D eigenvalue weighted by atomic mass is 10.1. The van der Waals surface area contributed by atoms with Crippen molar-refractivity contribution in [1.82, 2.24) is 10.6 Å². The average Bonchev–Trinajstić information content (AvgIpc) is 2.52. The largest absolute Gasteiger partial charge is 0.480 e. The summed E-state index contributed by atoms with van der Waals surface area (Å²) in [4.78, 5) is 34.7. The summed E-state index contributed by atoms with van der Waals surface area (Å²) >= 11 is 0. The minimum absolute atomic E-state index is 0.0529. The predicted octanol–water partition coefficient (Wildman–Crippen LogP) is -0.102. The van der Waals surface area contributed by atoms with Gasteiger partial charge in [0.1, 0.15) is 6.04 Å². The van der Waals surface area contributed by atoms with Crippen molar-refractivity contribution in [1.29, 1.82) is 0 Å². The predicted molar refractivity (Wildman–Crippen MR) is 85.5 cm³/mol. The zero-order valence-corrected chi connectivity index (χ0v) is 13.3. The molecule has 7 heteroatoms. The SMILES string of the molecule is CC(C)[C@H](N)C(=O)NCC(=O)N[C@@H](Cc1ccccc1)C(=O)O. The molecule has 2 amide bonds. The van der Waals surface area contributed by atoms with Gasteiger partial charge in [-0.25, -0.2) is 4.79 Å². The van der Waals surface area contributed by atoms with Crippen LogP contribution in [0.1, 0.15) is 19.4 Å². The summed E-state index contributed by atoms with van der Waals surface area (Å²) in [5, 5.41) is 14.0. The fourth-order valence-electron chi connectivity index (χ4n) is 1.88. The Bertz CT molecular complexity index is 546. The number of rotatable bonds is 8. The van der Waals surface area contributed by atoms with E-state index in [1.54, 1.807) is 38.1 Å². The molecular formula is C16H23N3O4. The highest BCUT2D eigenvalue weighted by Gasteiger charge is 2.22. The van der Waals surface area contributed by atoms with Gasteiger partial charge in [0.05, 0.1) is 12.6 Å². The number of hydrogen-bond acceptors (Lipinski definition) is 4. The molecule has 126 valence electrons.